The fourth-order valence-electron chi connectivity index (χ4n) is 1.62. The molecular formula is C12H20N3O2+. The van der Waals surface area contributed by atoms with Crippen molar-refractivity contribution in [2.45, 2.75) is 26.8 Å². The van der Waals surface area contributed by atoms with Crippen molar-refractivity contribution >= 4 is 5.69 Å². The van der Waals surface area contributed by atoms with Gasteiger partial charge in [0.1, 0.15) is 6.20 Å². The molecule has 0 spiro atoms. The van der Waals surface area contributed by atoms with Crippen LogP contribution in [-0.4, -0.2) is 35.0 Å². The fraction of sp³-hybridized carbons (Fsp3) is 0.583. The van der Waals surface area contributed by atoms with Crippen LogP contribution in [0.25, 0.3) is 0 Å². The van der Waals surface area contributed by atoms with Crippen molar-refractivity contribution in [2.24, 2.45) is 0 Å². The summed E-state index contributed by atoms with van der Waals surface area (Å²) in [6.45, 7) is 7.17. The molecule has 0 amide bonds. The highest BCUT2D eigenvalue weighted by Gasteiger charge is 2.14. The summed E-state index contributed by atoms with van der Waals surface area (Å²) in [6, 6.07) is 3.58. The summed E-state index contributed by atoms with van der Waals surface area (Å²) in [7, 11) is 1.33. The number of pyridine rings is 1. The van der Waals surface area contributed by atoms with Gasteiger partial charge in [-0.1, -0.05) is 13.8 Å². The molecule has 0 saturated heterocycles. The molecule has 0 unspecified atom stereocenters. The highest BCUT2D eigenvalue weighted by molar-refractivity contribution is 5.25. The molecule has 0 aliphatic heterocycles. The minimum absolute atomic E-state index is 0.412. The molecule has 0 fully saturated rings. The maximum absolute atomic E-state index is 11.1. The van der Waals surface area contributed by atoms with Crippen LogP contribution in [0.1, 0.15) is 26.0 Å². The van der Waals surface area contributed by atoms with E-state index in [1.807, 2.05) is 6.07 Å². The quantitative estimate of drug-likeness (QED) is 0.684. The molecule has 1 aromatic rings. The Morgan fingerprint density at radius 2 is 2.18 bits per heavy atom. The Kier molecular flexibility index (Phi) is 5.56. The second-order valence-electron chi connectivity index (χ2n) is 3.82. The van der Waals surface area contributed by atoms with Crippen molar-refractivity contribution in [1.29, 1.82) is 0 Å². The minimum atomic E-state index is 0.412. The van der Waals surface area contributed by atoms with Gasteiger partial charge in [0.25, 0.3) is 4.92 Å². The van der Waals surface area contributed by atoms with Crippen LogP contribution >= 0.6 is 0 Å². The Labute approximate surface area is 102 Å². The van der Waals surface area contributed by atoms with Crippen molar-refractivity contribution in [3.8, 4) is 0 Å². The Balaban J connectivity index is 2.64. The first kappa shape index (κ1) is 13.6. The SMILES string of the molecule is CCCN(CC)Cc1ccc([N+](=O)OC)cn1. The molecule has 1 rings (SSSR count). The third kappa shape index (κ3) is 4.11. The average molecular weight is 238 g/mol. The molecule has 0 aliphatic carbocycles. The van der Waals surface area contributed by atoms with Crippen LogP contribution in [0.5, 0.6) is 0 Å². The zero-order valence-electron chi connectivity index (χ0n) is 10.7. The Morgan fingerprint density at radius 3 is 2.65 bits per heavy atom. The van der Waals surface area contributed by atoms with E-state index in [-0.39, 0.29) is 0 Å². The molecule has 1 aromatic heterocycles. The van der Waals surface area contributed by atoms with Gasteiger partial charge in [-0.25, -0.2) is 4.84 Å². The third-order valence-corrected chi connectivity index (χ3v) is 2.56. The van der Waals surface area contributed by atoms with E-state index in [1.54, 1.807) is 6.07 Å². The van der Waals surface area contributed by atoms with Crippen molar-refractivity contribution in [3.63, 3.8) is 0 Å². The van der Waals surface area contributed by atoms with E-state index in [2.05, 4.69) is 28.6 Å². The normalized spacial score (nSPS) is 10.6. The van der Waals surface area contributed by atoms with Crippen LogP contribution in [0.4, 0.5) is 5.69 Å². The van der Waals surface area contributed by atoms with Crippen LogP contribution in [0, 0.1) is 4.91 Å². The lowest BCUT2D eigenvalue weighted by atomic mass is 10.3. The van der Waals surface area contributed by atoms with Crippen molar-refractivity contribution in [2.75, 3.05) is 20.2 Å². The lowest BCUT2D eigenvalue weighted by Gasteiger charge is -2.18. The predicted octanol–water partition coefficient (Wildman–Crippen LogP) is 2.29. The van der Waals surface area contributed by atoms with E-state index in [0.29, 0.717) is 10.6 Å². The van der Waals surface area contributed by atoms with E-state index in [4.69, 9.17) is 0 Å². The lowest BCUT2D eigenvalue weighted by molar-refractivity contribution is -0.736. The van der Waals surface area contributed by atoms with Crippen LogP contribution < -0.4 is 0 Å². The van der Waals surface area contributed by atoms with Gasteiger partial charge in [0.15, 0.2) is 7.11 Å². The predicted molar refractivity (Wildman–Crippen MR) is 65.8 cm³/mol. The summed E-state index contributed by atoms with van der Waals surface area (Å²) in [5.41, 5.74) is 1.38. The highest BCUT2D eigenvalue weighted by Crippen LogP contribution is 2.11. The molecule has 0 aromatic carbocycles. The van der Waals surface area contributed by atoms with Crippen molar-refractivity contribution in [3.05, 3.63) is 28.9 Å². The van der Waals surface area contributed by atoms with E-state index in [9.17, 15) is 4.91 Å². The molecule has 0 saturated carbocycles. The summed E-state index contributed by atoms with van der Waals surface area (Å²) in [6.07, 6.45) is 2.66. The first-order chi connectivity index (χ1) is 8.21. The van der Waals surface area contributed by atoms with E-state index < -0.39 is 0 Å². The molecule has 0 atom stereocenters. The van der Waals surface area contributed by atoms with Gasteiger partial charge < -0.3 is 0 Å². The topological polar surface area (TPSA) is 45.4 Å². The molecule has 0 bridgehead atoms. The smallest absolute Gasteiger partial charge is 0.298 e. The Morgan fingerprint density at radius 1 is 1.41 bits per heavy atom. The summed E-state index contributed by atoms with van der Waals surface area (Å²) in [4.78, 5) is 22.7. The molecule has 0 radical (unpaired) electrons. The van der Waals surface area contributed by atoms with Gasteiger partial charge in [-0.3, -0.25) is 9.88 Å². The van der Waals surface area contributed by atoms with E-state index in [0.717, 1.165) is 31.7 Å². The molecule has 0 N–H and O–H groups in total. The standard InChI is InChI=1S/C12H20N3O2/c1-4-8-14(5-2)10-11-6-7-12(9-13-11)15(16)17-3/h6-7,9H,4-5,8,10H2,1-3H3/q+1. The number of aromatic nitrogens is 1. The minimum Gasteiger partial charge on any atom is -0.298 e. The summed E-state index contributed by atoms with van der Waals surface area (Å²) < 4.78 is 0. The number of nitrogens with zero attached hydrogens (tertiary/aromatic N) is 3. The van der Waals surface area contributed by atoms with Crippen LogP contribution in [0.2, 0.25) is 0 Å². The summed E-state index contributed by atoms with van der Waals surface area (Å²) in [5, 5.41) is 0. The first-order valence-electron chi connectivity index (χ1n) is 5.89. The van der Waals surface area contributed by atoms with Crippen LogP contribution in [-0.2, 0) is 11.4 Å². The average Bonchev–Trinajstić information content (AvgIpc) is 2.38. The molecule has 94 valence electrons. The van der Waals surface area contributed by atoms with Gasteiger partial charge in [0.2, 0.25) is 0 Å². The van der Waals surface area contributed by atoms with Crippen LogP contribution in [0.15, 0.2) is 18.3 Å². The molecule has 5 heteroatoms. The first-order valence-corrected chi connectivity index (χ1v) is 5.89. The zero-order chi connectivity index (χ0) is 12.7. The number of rotatable bonds is 7. The van der Waals surface area contributed by atoms with Gasteiger partial charge >= 0.3 is 5.69 Å². The van der Waals surface area contributed by atoms with Gasteiger partial charge in [-0.2, -0.15) is 0 Å². The second kappa shape index (κ2) is 6.96. The van der Waals surface area contributed by atoms with Gasteiger partial charge in [0, 0.05) is 12.6 Å². The molecular weight excluding hydrogens is 218 g/mol. The maximum atomic E-state index is 11.1. The third-order valence-electron chi connectivity index (χ3n) is 2.56. The Hall–Kier alpha value is -1.49. The fourth-order valence-corrected chi connectivity index (χ4v) is 1.62. The van der Waals surface area contributed by atoms with Gasteiger partial charge in [-0.15, -0.1) is 0 Å². The van der Waals surface area contributed by atoms with E-state index in [1.165, 1.54) is 13.3 Å². The maximum Gasteiger partial charge on any atom is 0.334 e. The molecule has 5 nitrogen and oxygen atoms in total. The number of hydrogen-bond acceptors (Lipinski definition) is 4. The molecule has 0 aliphatic rings. The van der Waals surface area contributed by atoms with Gasteiger partial charge in [-0.05, 0) is 25.6 Å². The summed E-state index contributed by atoms with van der Waals surface area (Å²) >= 11 is 0. The largest absolute Gasteiger partial charge is 0.334 e. The van der Waals surface area contributed by atoms with Crippen LogP contribution in [0.3, 0.4) is 0 Å². The summed E-state index contributed by atoms with van der Waals surface area (Å²) in [5.74, 6) is 0. The zero-order valence-corrected chi connectivity index (χ0v) is 10.7. The number of hydrogen-bond donors (Lipinski definition) is 0. The highest BCUT2D eigenvalue weighted by atomic mass is 16.8. The second-order valence-corrected chi connectivity index (χ2v) is 3.82. The van der Waals surface area contributed by atoms with Crippen molar-refractivity contribution in [1.82, 2.24) is 9.88 Å². The van der Waals surface area contributed by atoms with E-state index >= 15 is 0 Å². The lowest BCUT2D eigenvalue weighted by Crippen LogP contribution is -2.24. The van der Waals surface area contributed by atoms with Crippen molar-refractivity contribution < 1.29 is 9.76 Å². The van der Waals surface area contributed by atoms with Gasteiger partial charge in [0.05, 0.1) is 10.6 Å². The monoisotopic (exact) mass is 238 g/mol. The molecule has 17 heavy (non-hydrogen) atoms. The molecule has 1 heterocycles. The Bertz CT molecular complexity index is 351.